The molecule has 2 aromatic rings. The van der Waals surface area contributed by atoms with Crippen LogP contribution in [0, 0.1) is 0 Å². The summed E-state index contributed by atoms with van der Waals surface area (Å²) in [4.78, 5) is 7.88. The van der Waals surface area contributed by atoms with Crippen LogP contribution in [0.5, 0.6) is 0 Å². The van der Waals surface area contributed by atoms with E-state index in [0.29, 0.717) is 10.0 Å². The zero-order valence-corrected chi connectivity index (χ0v) is 11.5. The Bertz CT molecular complexity index is 546. The molecule has 96 valence electrons. The van der Waals surface area contributed by atoms with Gasteiger partial charge in [0.1, 0.15) is 5.82 Å². The summed E-state index contributed by atoms with van der Waals surface area (Å²) >= 11 is 12.0. The molecule has 1 aromatic carbocycles. The first-order valence-corrected chi connectivity index (χ1v) is 6.98. The largest absolute Gasteiger partial charge is 0.340 e. The van der Waals surface area contributed by atoms with Gasteiger partial charge in [0.05, 0.1) is 26.6 Å². The SMILES string of the molecule is NC1(c2nc3cc(Cl)c(Cl)cc3[nH]2)CCCCC1. The number of benzene rings is 1. The number of hydrogen-bond acceptors (Lipinski definition) is 2. The van der Waals surface area contributed by atoms with Crippen molar-refractivity contribution in [2.45, 2.75) is 37.6 Å². The van der Waals surface area contributed by atoms with Crippen LogP contribution >= 0.6 is 23.2 Å². The van der Waals surface area contributed by atoms with E-state index in [1.807, 2.05) is 6.07 Å². The number of H-pyrrole nitrogens is 1. The van der Waals surface area contributed by atoms with E-state index < -0.39 is 0 Å². The molecular weight excluding hydrogens is 269 g/mol. The lowest BCUT2D eigenvalue weighted by Gasteiger charge is -2.31. The van der Waals surface area contributed by atoms with Gasteiger partial charge in [0.15, 0.2) is 0 Å². The van der Waals surface area contributed by atoms with Crippen LogP contribution in [0.15, 0.2) is 12.1 Å². The summed E-state index contributed by atoms with van der Waals surface area (Å²) in [6.07, 6.45) is 5.55. The number of nitrogens with one attached hydrogen (secondary N) is 1. The van der Waals surface area contributed by atoms with Crippen LogP contribution in [0.3, 0.4) is 0 Å². The highest BCUT2D eigenvalue weighted by molar-refractivity contribution is 6.42. The zero-order chi connectivity index (χ0) is 12.8. The molecule has 1 aliphatic carbocycles. The topological polar surface area (TPSA) is 54.7 Å². The van der Waals surface area contributed by atoms with Crippen LogP contribution in [0.2, 0.25) is 10.0 Å². The molecule has 0 spiro atoms. The molecular formula is C13H15Cl2N3. The van der Waals surface area contributed by atoms with E-state index in [-0.39, 0.29) is 5.54 Å². The second kappa shape index (κ2) is 4.41. The molecule has 0 saturated heterocycles. The number of halogens is 2. The molecule has 3 nitrogen and oxygen atoms in total. The molecule has 1 aromatic heterocycles. The minimum absolute atomic E-state index is 0.323. The first-order chi connectivity index (χ1) is 8.58. The molecule has 1 fully saturated rings. The van der Waals surface area contributed by atoms with E-state index in [4.69, 9.17) is 28.9 Å². The van der Waals surface area contributed by atoms with Crippen LogP contribution in [-0.4, -0.2) is 9.97 Å². The molecule has 1 heterocycles. The van der Waals surface area contributed by atoms with E-state index >= 15 is 0 Å². The number of hydrogen-bond donors (Lipinski definition) is 2. The molecule has 0 amide bonds. The van der Waals surface area contributed by atoms with Crippen molar-refractivity contribution in [1.82, 2.24) is 9.97 Å². The predicted molar refractivity (Wildman–Crippen MR) is 75.1 cm³/mol. The van der Waals surface area contributed by atoms with Gasteiger partial charge in [0.2, 0.25) is 0 Å². The summed E-state index contributed by atoms with van der Waals surface area (Å²) in [5, 5.41) is 1.06. The van der Waals surface area contributed by atoms with Crippen LogP contribution in [0.4, 0.5) is 0 Å². The highest BCUT2D eigenvalue weighted by atomic mass is 35.5. The van der Waals surface area contributed by atoms with E-state index in [9.17, 15) is 0 Å². The average Bonchev–Trinajstić information content (AvgIpc) is 2.74. The highest BCUT2D eigenvalue weighted by Gasteiger charge is 2.32. The van der Waals surface area contributed by atoms with E-state index in [1.165, 1.54) is 6.42 Å². The van der Waals surface area contributed by atoms with Crippen molar-refractivity contribution in [1.29, 1.82) is 0 Å². The first-order valence-electron chi connectivity index (χ1n) is 6.23. The van der Waals surface area contributed by atoms with Crippen molar-refractivity contribution in [2.75, 3.05) is 0 Å². The molecule has 18 heavy (non-hydrogen) atoms. The van der Waals surface area contributed by atoms with Gasteiger partial charge in [-0.25, -0.2) is 4.98 Å². The van der Waals surface area contributed by atoms with E-state index in [1.54, 1.807) is 6.07 Å². The Kier molecular flexibility index (Phi) is 3.00. The smallest absolute Gasteiger partial charge is 0.127 e. The monoisotopic (exact) mass is 283 g/mol. The average molecular weight is 284 g/mol. The summed E-state index contributed by atoms with van der Waals surface area (Å²) in [6.45, 7) is 0. The first kappa shape index (κ1) is 12.3. The van der Waals surface area contributed by atoms with Crippen LogP contribution in [-0.2, 0) is 5.54 Å². The quantitative estimate of drug-likeness (QED) is 0.832. The van der Waals surface area contributed by atoms with E-state index in [2.05, 4.69) is 9.97 Å². The second-order valence-corrected chi connectivity index (χ2v) is 5.90. The number of imidazole rings is 1. The zero-order valence-electron chi connectivity index (χ0n) is 9.97. The molecule has 0 atom stereocenters. The minimum Gasteiger partial charge on any atom is -0.340 e. The van der Waals surface area contributed by atoms with Crippen molar-refractivity contribution in [3.8, 4) is 0 Å². The normalized spacial score (nSPS) is 19.3. The maximum atomic E-state index is 6.46. The number of nitrogens with zero attached hydrogens (tertiary/aromatic N) is 1. The van der Waals surface area contributed by atoms with Crippen molar-refractivity contribution in [3.05, 3.63) is 28.0 Å². The Morgan fingerprint density at radius 1 is 1.11 bits per heavy atom. The van der Waals surface area contributed by atoms with Gasteiger partial charge in [0.25, 0.3) is 0 Å². The van der Waals surface area contributed by atoms with Crippen molar-refractivity contribution < 1.29 is 0 Å². The van der Waals surface area contributed by atoms with Crippen LogP contribution in [0.1, 0.15) is 37.9 Å². The van der Waals surface area contributed by atoms with Gasteiger partial charge in [-0.3, -0.25) is 0 Å². The Labute approximate surface area is 116 Å². The lowest BCUT2D eigenvalue weighted by Crippen LogP contribution is -2.39. The third kappa shape index (κ3) is 2.00. The fraction of sp³-hybridized carbons (Fsp3) is 0.462. The molecule has 3 N–H and O–H groups in total. The third-order valence-corrected chi connectivity index (χ3v) is 4.46. The highest BCUT2D eigenvalue weighted by Crippen LogP contribution is 2.35. The van der Waals surface area contributed by atoms with Gasteiger partial charge in [-0.2, -0.15) is 0 Å². The van der Waals surface area contributed by atoms with Crippen molar-refractivity contribution in [2.24, 2.45) is 5.73 Å². The number of nitrogens with two attached hydrogens (primary N) is 1. The standard InChI is InChI=1S/C13H15Cl2N3/c14-8-6-10-11(7-9(8)15)18-12(17-10)13(16)4-2-1-3-5-13/h6-7H,1-5,16H2,(H,17,18). The molecule has 1 aliphatic rings. The van der Waals surface area contributed by atoms with Crippen molar-refractivity contribution >= 4 is 34.2 Å². The summed E-state index contributed by atoms with van der Waals surface area (Å²) < 4.78 is 0. The molecule has 0 unspecified atom stereocenters. The number of aromatic nitrogens is 2. The van der Waals surface area contributed by atoms with Crippen molar-refractivity contribution in [3.63, 3.8) is 0 Å². The lowest BCUT2D eigenvalue weighted by atomic mass is 9.82. The van der Waals surface area contributed by atoms with Gasteiger partial charge in [0, 0.05) is 0 Å². The summed E-state index contributed by atoms with van der Waals surface area (Å²) in [6, 6.07) is 3.59. The molecule has 5 heteroatoms. The molecule has 0 aliphatic heterocycles. The fourth-order valence-electron chi connectivity index (χ4n) is 2.66. The van der Waals surface area contributed by atoms with Crippen LogP contribution < -0.4 is 5.73 Å². The Hall–Kier alpha value is -0.770. The van der Waals surface area contributed by atoms with Gasteiger partial charge in [-0.1, -0.05) is 42.5 Å². The summed E-state index contributed by atoms with van der Waals surface area (Å²) in [5.74, 6) is 0.857. The summed E-state index contributed by atoms with van der Waals surface area (Å²) in [5.41, 5.74) is 7.86. The molecule has 0 radical (unpaired) electrons. The van der Waals surface area contributed by atoms with E-state index in [0.717, 1.165) is 42.5 Å². The molecule has 0 bridgehead atoms. The summed E-state index contributed by atoms with van der Waals surface area (Å²) in [7, 11) is 0. The Morgan fingerprint density at radius 3 is 2.50 bits per heavy atom. The number of aromatic amines is 1. The number of fused-ring (bicyclic) bond motifs is 1. The van der Waals surface area contributed by atoms with Crippen LogP contribution in [0.25, 0.3) is 11.0 Å². The Morgan fingerprint density at radius 2 is 1.78 bits per heavy atom. The Balaban J connectivity index is 2.07. The maximum absolute atomic E-state index is 6.46. The fourth-order valence-corrected chi connectivity index (χ4v) is 2.98. The lowest BCUT2D eigenvalue weighted by molar-refractivity contribution is 0.289. The van der Waals surface area contributed by atoms with Gasteiger partial charge in [-0.05, 0) is 25.0 Å². The number of rotatable bonds is 1. The van der Waals surface area contributed by atoms with Gasteiger partial charge in [-0.15, -0.1) is 0 Å². The predicted octanol–water partition coefficient (Wildman–Crippen LogP) is 3.99. The van der Waals surface area contributed by atoms with Gasteiger partial charge >= 0.3 is 0 Å². The molecule has 1 saturated carbocycles. The molecule has 3 rings (SSSR count). The minimum atomic E-state index is -0.323. The van der Waals surface area contributed by atoms with Gasteiger partial charge < -0.3 is 10.7 Å². The maximum Gasteiger partial charge on any atom is 0.127 e. The third-order valence-electron chi connectivity index (χ3n) is 3.74. The second-order valence-electron chi connectivity index (χ2n) is 5.09.